The third-order valence-electron chi connectivity index (χ3n) is 4.79. The molecule has 1 aliphatic rings. The number of ether oxygens (including phenoxy) is 1. The summed E-state index contributed by atoms with van der Waals surface area (Å²) in [7, 11) is 0. The lowest BCUT2D eigenvalue weighted by Gasteiger charge is -2.17. The number of hydrogen-bond acceptors (Lipinski definition) is 4. The van der Waals surface area contributed by atoms with Crippen molar-refractivity contribution in [3.05, 3.63) is 100.0 Å². The quantitative estimate of drug-likeness (QED) is 0.351. The topological polar surface area (TPSA) is 29.5 Å². The van der Waals surface area contributed by atoms with Gasteiger partial charge in [0.15, 0.2) is 4.32 Å². The van der Waals surface area contributed by atoms with Crippen LogP contribution in [0.2, 0.25) is 0 Å². The molecule has 1 heterocycles. The molecule has 3 nitrogen and oxygen atoms in total. The largest absolute Gasteiger partial charge is 0.489 e. The summed E-state index contributed by atoms with van der Waals surface area (Å²) in [6.07, 6.45) is 1.87. The Labute approximate surface area is 186 Å². The molecule has 0 N–H and O–H groups in total. The van der Waals surface area contributed by atoms with E-state index in [1.807, 2.05) is 86.7 Å². The van der Waals surface area contributed by atoms with Crippen molar-refractivity contribution in [1.29, 1.82) is 0 Å². The molecule has 1 saturated heterocycles. The van der Waals surface area contributed by atoms with Gasteiger partial charge in [-0.2, -0.15) is 0 Å². The van der Waals surface area contributed by atoms with E-state index in [4.69, 9.17) is 17.0 Å². The SMILES string of the molecule is Cc1ccc(N2C(=O)/C(=C/c3cccc(OCc4ccccc4)c3)SC2=S)c(C)c1. The van der Waals surface area contributed by atoms with Gasteiger partial charge in [0, 0.05) is 0 Å². The summed E-state index contributed by atoms with van der Waals surface area (Å²) in [4.78, 5) is 15.3. The summed E-state index contributed by atoms with van der Waals surface area (Å²) in [5.41, 5.74) is 5.04. The fraction of sp³-hybridized carbons (Fsp3) is 0.120. The maximum Gasteiger partial charge on any atom is 0.270 e. The zero-order valence-electron chi connectivity index (χ0n) is 16.8. The number of anilines is 1. The first-order valence-corrected chi connectivity index (χ1v) is 10.9. The molecular formula is C25H21NO2S2. The van der Waals surface area contributed by atoms with Gasteiger partial charge in [-0.15, -0.1) is 0 Å². The van der Waals surface area contributed by atoms with Crippen molar-refractivity contribution in [3.63, 3.8) is 0 Å². The minimum Gasteiger partial charge on any atom is -0.489 e. The van der Waals surface area contributed by atoms with Gasteiger partial charge in [-0.1, -0.05) is 84.1 Å². The second-order valence-corrected chi connectivity index (χ2v) is 8.83. The average Bonchev–Trinajstić information content (AvgIpc) is 3.01. The number of carbonyl (C=O) groups is 1. The molecule has 0 aromatic heterocycles. The normalized spacial score (nSPS) is 15.1. The van der Waals surface area contributed by atoms with Crippen molar-refractivity contribution in [2.45, 2.75) is 20.5 Å². The van der Waals surface area contributed by atoms with E-state index in [0.717, 1.165) is 33.7 Å². The Balaban J connectivity index is 1.53. The first-order valence-electron chi connectivity index (χ1n) is 9.63. The summed E-state index contributed by atoms with van der Waals surface area (Å²) >= 11 is 6.84. The summed E-state index contributed by atoms with van der Waals surface area (Å²) in [6.45, 7) is 4.53. The lowest BCUT2D eigenvalue weighted by Crippen LogP contribution is -2.28. The molecule has 150 valence electrons. The van der Waals surface area contributed by atoms with E-state index in [0.29, 0.717) is 15.8 Å². The number of thioether (sulfide) groups is 1. The maximum absolute atomic E-state index is 13.1. The van der Waals surface area contributed by atoms with Crippen LogP contribution in [0.1, 0.15) is 22.3 Å². The van der Waals surface area contributed by atoms with Crippen molar-refractivity contribution in [1.82, 2.24) is 0 Å². The van der Waals surface area contributed by atoms with Crippen molar-refractivity contribution in [3.8, 4) is 5.75 Å². The summed E-state index contributed by atoms with van der Waals surface area (Å²) in [6, 6.07) is 23.8. The molecule has 4 rings (SSSR count). The fourth-order valence-electron chi connectivity index (χ4n) is 3.32. The lowest BCUT2D eigenvalue weighted by molar-refractivity contribution is -0.113. The number of rotatable bonds is 5. The monoisotopic (exact) mass is 431 g/mol. The zero-order valence-corrected chi connectivity index (χ0v) is 18.4. The Hall–Kier alpha value is -2.89. The first kappa shape index (κ1) is 20.4. The highest BCUT2D eigenvalue weighted by Crippen LogP contribution is 2.37. The molecule has 1 fully saturated rings. The molecular weight excluding hydrogens is 410 g/mol. The van der Waals surface area contributed by atoms with Crippen LogP contribution in [0.5, 0.6) is 5.75 Å². The summed E-state index contributed by atoms with van der Waals surface area (Å²) in [5, 5.41) is 0. The van der Waals surface area contributed by atoms with Crippen LogP contribution in [0.15, 0.2) is 77.7 Å². The van der Waals surface area contributed by atoms with Crippen LogP contribution in [0.4, 0.5) is 5.69 Å². The van der Waals surface area contributed by atoms with Crippen LogP contribution in [0.25, 0.3) is 6.08 Å². The van der Waals surface area contributed by atoms with Crippen LogP contribution in [0, 0.1) is 13.8 Å². The van der Waals surface area contributed by atoms with E-state index in [1.54, 1.807) is 4.90 Å². The van der Waals surface area contributed by atoms with Gasteiger partial charge in [0.2, 0.25) is 0 Å². The Morgan fingerprint density at radius 1 is 1.00 bits per heavy atom. The number of amides is 1. The third-order valence-corrected chi connectivity index (χ3v) is 6.09. The molecule has 1 amide bonds. The minimum atomic E-state index is -0.0902. The van der Waals surface area contributed by atoms with Gasteiger partial charge in [0.25, 0.3) is 5.91 Å². The third kappa shape index (κ3) is 4.48. The van der Waals surface area contributed by atoms with Gasteiger partial charge < -0.3 is 4.74 Å². The van der Waals surface area contributed by atoms with Crippen molar-refractivity contribution >= 4 is 46.0 Å². The number of benzene rings is 3. The molecule has 0 unspecified atom stereocenters. The molecule has 0 atom stereocenters. The number of nitrogens with zero attached hydrogens (tertiary/aromatic N) is 1. The highest BCUT2D eigenvalue weighted by atomic mass is 32.2. The first-order chi connectivity index (χ1) is 14.5. The second kappa shape index (κ2) is 8.86. The number of hydrogen-bond donors (Lipinski definition) is 0. The van der Waals surface area contributed by atoms with E-state index in [-0.39, 0.29) is 5.91 Å². The van der Waals surface area contributed by atoms with Gasteiger partial charge in [0.1, 0.15) is 12.4 Å². The van der Waals surface area contributed by atoms with Crippen molar-refractivity contribution in [2.75, 3.05) is 4.90 Å². The van der Waals surface area contributed by atoms with Crippen LogP contribution < -0.4 is 9.64 Å². The highest BCUT2D eigenvalue weighted by molar-refractivity contribution is 8.27. The predicted octanol–water partition coefficient (Wildman–Crippen LogP) is 6.29. The highest BCUT2D eigenvalue weighted by Gasteiger charge is 2.34. The molecule has 3 aromatic carbocycles. The van der Waals surface area contributed by atoms with Crippen molar-refractivity contribution < 1.29 is 9.53 Å². The molecule has 0 radical (unpaired) electrons. The molecule has 1 aliphatic heterocycles. The molecule has 0 saturated carbocycles. The molecule has 0 aliphatic carbocycles. The van der Waals surface area contributed by atoms with Gasteiger partial charge in [-0.05, 0) is 54.8 Å². The average molecular weight is 432 g/mol. The van der Waals surface area contributed by atoms with Crippen LogP contribution in [-0.4, -0.2) is 10.2 Å². The molecule has 30 heavy (non-hydrogen) atoms. The maximum atomic E-state index is 13.1. The molecule has 3 aromatic rings. The van der Waals surface area contributed by atoms with E-state index < -0.39 is 0 Å². The van der Waals surface area contributed by atoms with Gasteiger partial charge in [-0.25, -0.2) is 0 Å². The Morgan fingerprint density at radius 2 is 1.80 bits per heavy atom. The van der Waals surface area contributed by atoms with E-state index in [9.17, 15) is 4.79 Å². The fourth-order valence-corrected chi connectivity index (χ4v) is 4.60. The number of thiocarbonyl (C=S) groups is 1. The second-order valence-electron chi connectivity index (χ2n) is 7.15. The van der Waals surface area contributed by atoms with Crippen molar-refractivity contribution in [2.24, 2.45) is 0 Å². The predicted molar refractivity (Wildman–Crippen MR) is 129 cm³/mol. The minimum absolute atomic E-state index is 0.0902. The summed E-state index contributed by atoms with van der Waals surface area (Å²) < 4.78 is 6.46. The Bertz CT molecular complexity index is 1140. The van der Waals surface area contributed by atoms with Gasteiger partial charge in [0.05, 0.1) is 10.6 Å². The number of aryl methyl sites for hydroxylation is 2. The standard InChI is InChI=1S/C25H21NO2S2/c1-17-11-12-22(18(2)13-17)26-24(27)23(30-25(26)29)15-20-9-6-10-21(14-20)28-16-19-7-4-3-5-8-19/h3-15H,16H2,1-2H3/b23-15-. The zero-order chi connectivity index (χ0) is 21.1. The van der Waals surface area contributed by atoms with E-state index in [1.165, 1.54) is 11.8 Å². The van der Waals surface area contributed by atoms with Crippen LogP contribution >= 0.6 is 24.0 Å². The van der Waals surface area contributed by atoms with Crippen LogP contribution in [0.3, 0.4) is 0 Å². The van der Waals surface area contributed by atoms with Gasteiger partial charge >= 0.3 is 0 Å². The molecule has 0 spiro atoms. The Kier molecular flexibility index (Phi) is 6.02. The molecule has 0 bridgehead atoms. The lowest BCUT2D eigenvalue weighted by atomic mass is 10.1. The number of carbonyl (C=O) groups excluding carboxylic acids is 1. The smallest absolute Gasteiger partial charge is 0.270 e. The summed E-state index contributed by atoms with van der Waals surface area (Å²) in [5.74, 6) is 0.671. The Morgan fingerprint density at radius 3 is 2.57 bits per heavy atom. The van der Waals surface area contributed by atoms with E-state index >= 15 is 0 Å². The van der Waals surface area contributed by atoms with E-state index in [2.05, 4.69) is 6.07 Å². The molecule has 5 heteroatoms. The van der Waals surface area contributed by atoms with Crippen LogP contribution in [-0.2, 0) is 11.4 Å². The van der Waals surface area contributed by atoms with Gasteiger partial charge in [-0.3, -0.25) is 9.69 Å².